The minimum atomic E-state index is -5.08. The van der Waals surface area contributed by atoms with E-state index in [1.54, 1.807) is 0 Å². The molecule has 0 unspecified atom stereocenters. The van der Waals surface area contributed by atoms with Crippen LogP contribution in [0.15, 0.2) is 36.5 Å². The van der Waals surface area contributed by atoms with E-state index in [4.69, 9.17) is 24.1 Å². The molecule has 0 aliphatic carbocycles. The predicted octanol–water partition coefficient (Wildman–Crippen LogP) is 4.74. The van der Waals surface area contributed by atoms with Crippen LogP contribution in [0.2, 0.25) is 0 Å². The molecule has 1 heterocycles. The zero-order chi connectivity index (χ0) is 28.1. The van der Waals surface area contributed by atoms with Crippen LogP contribution in [0.5, 0.6) is 17.2 Å². The number of carboxylic acid groups (broad SMARTS) is 2. The van der Waals surface area contributed by atoms with Crippen molar-refractivity contribution < 1.29 is 56.4 Å². The number of aromatic carboxylic acids is 1. The lowest BCUT2D eigenvalue weighted by Crippen LogP contribution is -2.21. The van der Waals surface area contributed by atoms with Gasteiger partial charge in [0.05, 0.1) is 31.5 Å². The molecular formula is C24H21F4NO8. The smallest absolute Gasteiger partial charge is 0.490 e. The van der Waals surface area contributed by atoms with Gasteiger partial charge in [-0.05, 0) is 44.2 Å². The quantitative estimate of drug-likeness (QED) is 0.330. The Morgan fingerprint density at radius 3 is 1.92 bits per heavy atom. The van der Waals surface area contributed by atoms with E-state index in [2.05, 4.69) is 4.98 Å². The average molecular weight is 527 g/mol. The molecule has 0 saturated heterocycles. The van der Waals surface area contributed by atoms with Gasteiger partial charge in [-0.25, -0.2) is 14.0 Å². The maximum absolute atomic E-state index is 14.5. The highest BCUT2D eigenvalue weighted by atomic mass is 19.4. The Labute approximate surface area is 207 Å². The van der Waals surface area contributed by atoms with E-state index in [-0.39, 0.29) is 45.2 Å². The summed E-state index contributed by atoms with van der Waals surface area (Å²) in [6.45, 7) is 3.62. The second-order valence-electron chi connectivity index (χ2n) is 7.52. The van der Waals surface area contributed by atoms with Gasteiger partial charge in [0.25, 0.3) is 0 Å². The molecule has 37 heavy (non-hydrogen) atoms. The van der Waals surface area contributed by atoms with Crippen molar-refractivity contribution in [2.45, 2.75) is 26.1 Å². The van der Waals surface area contributed by atoms with Crippen molar-refractivity contribution in [1.82, 2.24) is 4.98 Å². The molecule has 3 aromatic rings. The number of alkyl halides is 3. The first-order chi connectivity index (χ1) is 17.2. The van der Waals surface area contributed by atoms with Gasteiger partial charge in [0.1, 0.15) is 17.3 Å². The van der Waals surface area contributed by atoms with Crippen molar-refractivity contribution in [2.24, 2.45) is 0 Å². The van der Waals surface area contributed by atoms with Crippen molar-refractivity contribution in [3.63, 3.8) is 0 Å². The first-order valence-electron chi connectivity index (χ1n) is 10.3. The van der Waals surface area contributed by atoms with E-state index in [0.717, 1.165) is 12.3 Å². The summed E-state index contributed by atoms with van der Waals surface area (Å²) in [5.74, 6) is -4.54. The van der Waals surface area contributed by atoms with Gasteiger partial charge in [-0.1, -0.05) is 0 Å². The highest BCUT2D eigenvalue weighted by Gasteiger charge is 2.38. The monoisotopic (exact) mass is 527 g/mol. The summed E-state index contributed by atoms with van der Waals surface area (Å²) in [6, 6.07) is 6.77. The third-order valence-electron chi connectivity index (χ3n) is 4.63. The lowest BCUT2D eigenvalue weighted by atomic mass is 9.98. The second kappa shape index (κ2) is 11.5. The van der Waals surface area contributed by atoms with Gasteiger partial charge in [-0.15, -0.1) is 0 Å². The van der Waals surface area contributed by atoms with Crippen molar-refractivity contribution >= 4 is 28.5 Å². The van der Waals surface area contributed by atoms with Crippen LogP contribution < -0.4 is 14.2 Å². The number of benzene rings is 2. The molecular weight excluding hydrogens is 506 g/mol. The van der Waals surface area contributed by atoms with Crippen LogP contribution in [0.25, 0.3) is 10.8 Å². The van der Waals surface area contributed by atoms with E-state index in [1.807, 2.05) is 13.8 Å². The number of carbonyl (C=O) groups excluding carboxylic acids is 1. The maximum Gasteiger partial charge on any atom is 0.490 e. The van der Waals surface area contributed by atoms with Crippen LogP contribution in [0, 0.1) is 5.82 Å². The molecule has 0 bridgehead atoms. The molecule has 0 saturated carbocycles. The first kappa shape index (κ1) is 28.8. The van der Waals surface area contributed by atoms with Gasteiger partial charge in [0, 0.05) is 17.0 Å². The predicted molar refractivity (Wildman–Crippen MR) is 121 cm³/mol. The van der Waals surface area contributed by atoms with Gasteiger partial charge in [0.15, 0.2) is 11.5 Å². The Hall–Kier alpha value is -4.42. The Morgan fingerprint density at radius 1 is 0.919 bits per heavy atom. The molecule has 2 aromatic carbocycles. The largest absolute Gasteiger partial charge is 0.493 e. The highest BCUT2D eigenvalue weighted by Crippen LogP contribution is 2.35. The Balaban J connectivity index is 0.000000604. The molecule has 0 aliphatic heterocycles. The summed E-state index contributed by atoms with van der Waals surface area (Å²) < 4.78 is 62.3. The molecule has 9 nitrogen and oxygen atoms in total. The number of fused-ring (bicyclic) bond motifs is 1. The third kappa shape index (κ3) is 6.84. The van der Waals surface area contributed by atoms with Crippen molar-refractivity contribution in [3.05, 3.63) is 59.2 Å². The number of nitrogens with zero attached hydrogens (tertiary/aromatic N) is 1. The van der Waals surface area contributed by atoms with E-state index >= 15 is 0 Å². The van der Waals surface area contributed by atoms with Crippen LogP contribution in [0.1, 0.15) is 40.3 Å². The number of carbonyl (C=O) groups is 3. The summed E-state index contributed by atoms with van der Waals surface area (Å²) in [4.78, 5) is 37.8. The van der Waals surface area contributed by atoms with Crippen molar-refractivity contribution in [2.75, 3.05) is 14.2 Å². The van der Waals surface area contributed by atoms with Crippen LogP contribution in [0.3, 0.4) is 0 Å². The molecule has 0 fully saturated rings. The van der Waals surface area contributed by atoms with Gasteiger partial charge < -0.3 is 24.4 Å². The Morgan fingerprint density at radius 2 is 1.46 bits per heavy atom. The molecule has 13 heteroatoms. The minimum Gasteiger partial charge on any atom is -0.493 e. The van der Waals surface area contributed by atoms with Crippen molar-refractivity contribution in [1.29, 1.82) is 0 Å². The molecule has 198 valence electrons. The standard InChI is InChI=1S/C22H20FNO6.C2HF3O2/c1-11(2)30-12-5-6-17(23)15(7-12)21(25)20-14-9-19(29-4)18(28-3)8-13(14)16(10-24-20)22(26)27;3-2(4,5)1(6)7/h5-11H,1-4H3,(H,26,27);(H,6,7). The number of aliphatic carboxylic acids is 1. The van der Waals surface area contributed by atoms with Crippen molar-refractivity contribution in [3.8, 4) is 17.2 Å². The molecule has 2 N–H and O–H groups in total. The van der Waals surface area contributed by atoms with E-state index in [1.165, 1.54) is 38.5 Å². The number of ketones is 1. The fraction of sp³-hybridized carbons (Fsp3) is 0.250. The van der Waals surface area contributed by atoms with Gasteiger partial charge >= 0.3 is 18.1 Å². The zero-order valence-corrected chi connectivity index (χ0v) is 19.8. The van der Waals surface area contributed by atoms with Gasteiger partial charge in [0.2, 0.25) is 5.78 Å². The molecule has 3 rings (SSSR count). The number of pyridine rings is 1. The van der Waals surface area contributed by atoms with Crippen LogP contribution >= 0.6 is 0 Å². The minimum absolute atomic E-state index is 0.114. The number of ether oxygens (including phenoxy) is 3. The number of halogens is 4. The van der Waals surface area contributed by atoms with E-state index in [0.29, 0.717) is 5.75 Å². The molecule has 0 spiro atoms. The fourth-order valence-electron chi connectivity index (χ4n) is 3.07. The van der Waals surface area contributed by atoms with Gasteiger partial charge in [-0.2, -0.15) is 13.2 Å². The Bertz CT molecular complexity index is 1340. The third-order valence-corrected chi connectivity index (χ3v) is 4.63. The first-order valence-corrected chi connectivity index (χ1v) is 10.3. The van der Waals surface area contributed by atoms with E-state index < -0.39 is 29.7 Å². The number of methoxy groups -OCH3 is 2. The number of hydrogen-bond acceptors (Lipinski definition) is 7. The normalized spacial score (nSPS) is 10.9. The SMILES string of the molecule is COc1cc2c(C(=O)O)cnc(C(=O)c3cc(OC(C)C)ccc3F)c2cc1OC.O=C(O)C(F)(F)F. The molecule has 0 radical (unpaired) electrons. The molecule has 0 amide bonds. The molecule has 1 aromatic heterocycles. The molecule has 0 aliphatic rings. The van der Waals surface area contributed by atoms with Crippen LogP contribution in [0.4, 0.5) is 17.6 Å². The van der Waals surface area contributed by atoms with Crippen LogP contribution in [-0.2, 0) is 4.79 Å². The number of aromatic nitrogens is 1. The topological polar surface area (TPSA) is 132 Å². The summed E-state index contributed by atoms with van der Waals surface area (Å²) in [6.07, 6.45) is -4.18. The summed E-state index contributed by atoms with van der Waals surface area (Å²) in [5.41, 5.74) is -0.476. The van der Waals surface area contributed by atoms with Gasteiger partial charge in [-0.3, -0.25) is 9.78 Å². The average Bonchev–Trinajstić information content (AvgIpc) is 2.82. The number of hydrogen-bond donors (Lipinski definition) is 2. The summed E-state index contributed by atoms with van der Waals surface area (Å²) >= 11 is 0. The van der Waals surface area contributed by atoms with Crippen LogP contribution in [-0.4, -0.2) is 59.4 Å². The fourth-order valence-corrected chi connectivity index (χ4v) is 3.07. The lowest BCUT2D eigenvalue weighted by Gasteiger charge is -2.14. The number of rotatable bonds is 7. The summed E-state index contributed by atoms with van der Waals surface area (Å²) in [5, 5.41) is 17.1. The second-order valence-corrected chi connectivity index (χ2v) is 7.52. The number of carboxylic acids is 2. The lowest BCUT2D eigenvalue weighted by molar-refractivity contribution is -0.192. The zero-order valence-electron chi connectivity index (χ0n) is 19.8. The maximum atomic E-state index is 14.5. The van der Waals surface area contributed by atoms with E-state index in [9.17, 15) is 32.3 Å². The summed E-state index contributed by atoms with van der Waals surface area (Å²) in [7, 11) is 2.82. The Kier molecular flexibility index (Phi) is 8.99. The highest BCUT2D eigenvalue weighted by molar-refractivity contribution is 6.18. The molecule has 0 atom stereocenters.